The lowest BCUT2D eigenvalue weighted by Gasteiger charge is -2.21. The maximum atomic E-state index is 11.8. The van der Waals surface area contributed by atoms with Gasteiger partial charge in [-0.25, -0.2) is 4.98 Å². The summed E-state index contributed by atoms with van der Waals surface area (Å²) in [6, 6.07) is 3.93. The Morgan fingerprint density at radius 1 is 1.36 bits per heavy atom. The molecule has 0 aromatic carbocycles. The molecule has 0 spiro atoms. The zero-order chi connectivity index (χ0) is 17.8. The molecule has 2 aromatic heterocycles. The monoisotopic (exact) mass is 343 g/mol. The van der Waals surface area contributed by atoms with Crippen molar-refractivity contribution in [1.29, 1.82) is 0 Å². The van der Waals surface area contributed by atoms with Crippen molar-refractivity contribution < 1.29 is 9.53 Å². The topological polar surface area (TPSA) is 46.8 Å². The Hall–Kier alpha value is -2.04. The molecular weight excluding hydrogens is 314 g/mol. The van der Waals surface area contributed by atoms with Crippen LogP contribution in [-0.4, -0.2) is 28.9 Å². The summed E-state index contributed by atoms with van der Waals surface area (Å²) in [6.45, 7) is 4.36. The molecule has 0 N–H and O–H groups in total. The third-order valence-corrected chi connectivity index (χ3v) is 5.29. The van der Waals surface area contributed by atoms with Gasteiger partial charge in [-0.2, -0.15) is 0 Å². The number of carbonyl (C=O) groups excluding carboxylic acids is 1. The van der Waals surface area contributed by atoms with E-state index >= 15 is 0 Å². The maximum absolute atomic E-state index is 11.8. The van der Waals surface area contributed by atoms with Crippen molar-refractivity contribution in [2.24, 2.45) is 5.92 Å². The second-order valence-electron chi connectivity index (χ2n) is 7.02. The van der Waals surface area contributed by atoms with E-state index in [0.29, 0.717) is 0 Å². The van der Waals surface area contributed by atoms with Gasteiger partial charge in [-0.3, -0.25) is 14.1 Å². The standard InChI is InChI=1S/C20H29N3O2/c1-4-17-20(22(3)15(2)24)23-13-8-11-18(19(23)21-17)25-14-12-16-9-6-5-7-10-16/h8,11,13,16H,4-7,9-10,12,14H2,1-3H3. The molecule has 1 aliphatic rings. The largest absolute Gasteiger partial charge is 0.490 e. The molecule has 1 fully saturated rings. The molecule has 0 aliphatic heterocycles. The number of hydrogen-bond acceptors (Lipinski definition) is 3. The summed E-state index contributed by atoms with van der Waals surface area (Å²) >= 11 is 0. The molecule has 2 aromatic rings. The van der Waals surface area contributed by atoms with Gasteiger partial charge < -0.3 is 4.74 Å². The molecule has 3 rings (SSSR count). The highest BCUT2D eigenvalue weighted by atomic mass is 16.5. The first-order chi connectivity index (χ1) is 12.1. The number of aryl methyl sites for hydroxylation is 1. The number of ether oxygens (including phenoxy) is 1. The van der Waals surface area contributed by atoms with Crippen LogP contribution >= 0.6 is 0 Å². The van der Waals surface area contributed by atoms with Crippen molar-refractivity contribution in [2.75, 3.05) is 18.6 Å². The van der Waals surface area contributed by atoms with Gasteiger partial charge in [0, 0.05) is 20.2 Å². The van der Waals surface area contributed by atoms with Gasteiger partial charge in [0.15, 0.2) is 11.4 Å². The summed E-state index contributed by atoms with van der Waals surface area (Å²) in [5.41, 5.74) is 1.71. The van der Waals surface area contributed by atoms with Crippen molar-refractivity contribution >= 4 is 17.4 Å². The van der Waals surface area contributed by atoms with Gasteiger partial charge in [-0.1, -0.05) is 39.0 Å². The van der Waals surface area contributed by atoms with E-state index in [-0.39, 0.29) is 5.91 Å². The summed E-state index contributed by atoms with van der Waals surface area (Å²) in [5.74, 6) is 2.44. The predicted octanol–water partition coefficient (Wildman–Crippen LogP) is 4.23. The average Bonchev–Trinajstić information content (AvgIpc) is 3.01. The molecule has 5 nitrogen and oxygen atoms in total. The lowest BCUT2D eigenvalue weighted by molar-refractivity contribution is -0.116. The molecule has 0 saturated heterocycles. The Balaban J connectivity index is 1.80. The number of imidazole rings is 1. The first-order valence-corrected chi connectivity index (χ1v) is 9.48. The van der Waals surface area contributed by atoms with Gasteiger partial charge in [0.25, 0.3) is 0 Å². The van der Waals surface area contributed by atoms with Crippen LogP contribution in [0.1, 0.15) is 58.1 Å². The van der Waals surface area contributed by atoms with Crippen LogP contribution in [0.5, 0.6) is 5.75 Å². The highest BCUT2D eigenvalue weighted by molar-refractivity contribution is 5.91. The number of amides is 1. The van der Waals surface area contributed by atoms with Crippen LogP contribution in [0, 0.1) is 5.92 Å². The highest BCUT2D eigenvalue weighted by Gasteiger charge is 2.20. The quantitative estimate of drug-likeness (QED) is 0.788. The normalized spacial score (nSPS) is 15.5. The fraction of sp³-hybridized carbons (Fsp3) is 0.600. The lowest BCUT2D eigenvalue weighted by Crippen LogP contribution is -2.25. The Bertz CT molecular complexity index is 732. The van der Waals surface area contributed by atoms with Crippen molar-refractivity contribution in [3.8, 4) is 5.75 Å². The van der Waals surface area contributed by atoms with Gasteiger partial charge in [0.2, 0.25) is 5.91 Å². The minimum absolute atomic E-state index is 0.000111. The van der Waals surface area contributed by atoms with E-state index in [2.05, 4.69) is 6.92 Å². The molecule has 1 aliphatic carbocycles. The lowest BCUT2D eigenvalue weighted by atomic mass is 9.87. The molecule has 1 amide bonds. The predicted molar refractivity (Wildman–Crippen MR) is 100 cm³/mol. The Labute approximate surface area is 150 Å². The van der Waals surface area contributed by atoms with E-state index in [9.17, 15) is 4.79 Å². The molecule has 0 radical (unpaired) electrons. The van der Waals surface area contributed by atoms with Crippen molar-refractivity contribution in [1.82, 2.24) is 9.38 Å². The number of anilines is 1. The Morgan fingerprint density at radius 3 is 2.80 bits per heavy atom. The van der Waals surface area contributed by atoms with Gasteiger partial charge in [0.05, 0.1) is 12.3 Å². The van der Waals surface area contributed by atoms with Crippen LogP contribution in [-0.2, 0) is 11.2 Å². The van der Waals surface area contributed by atoms with Gasteiger partial charge in [-0.05, 0) is 30.9 Å². The van der Waals surface area contributed by atoms with Crippen LogP contribution < -0.4 is 9.64 Å². The summed E-state index contributed by atoms with van der Waals surface area (Å²) in [4.78, 5) is 18.2. The van der Waals surface area contributed by atoms with Crippen LogP contribution in [0.25, 0.3) is 5.65 Å². The van der Waals surface area contributed by atoms with E-state index in [1.54, 1.807) is 18.9 Å². The molecule has 1 saturated carbocycles. The van der Waals surface area contributed by atoms with Crippen molar-refractivity contribution in [3.05, 3.63) is 24.0 Å². The molecule has 2 heterocycles. The maximum Gasteiger partial charge on any atom is 0.224 e. The Kier molecular flexibility index (Phi) is 5.61. The zero-order valence-corrected chi connectivity index (χ0v) is 15.6. The minimum atomic E-state index is 0.000111. The number of aromatic nitrogens is 2. The van der Waals surface area contributed by atoms with Crippen LogP contribution in [0.3, 0.4) is 0 Å². The molecule has 0 bridgehead atoms. The van der Waals surface area contributed by atoms with Crippen molar-refractivity contribution in [2.45, 2.75) is 58.8 Å². The fourth-order valence-corrected chi connectivity index (χ4v) is 3.74. The molecule has 5 heteroatoms. The summed E-state index contributed by atoms with van der Waals surface area (Å²) in [7, 11) is 1.79. The van der Waals surface area contributed by atoms with Crippen molar-refractivity contribution in [3.63, 3.8) is 0 Å². The molecule has 25 heavy (non-hydrogen) atoms. The summed E-state index contributed by atoms with van der Waals surface area (Å²) in [5, 5.41) is 0. The minimum Gasteiger partial charge on any atom is -0.490 e. The van der Waals surface area contributed by atoms with Gasteiger partial charge in [0.1, 0.15) is 5.82 Å². The number of pyridine rings is 1. The van der Waals surface area contributed by atoms with Crippen LogP contribution in [0.2, 0.25) is 0 Å². The number of rotatable bonds is 6. The molecule has 0 atom stereocenters. The number of carbonyl (C=O) groups is 1. The second kappa shape index (κ2) is 7.89. The molecule has 136 valence electrons. The average molecular weight is 343 g/mol. The van der Waals surface area contributed by atoms with E-state index < -0.39 is 0 Å². The van der Waals surface area contributed by atoms with E-state index in [0.717, 1.165) is 48.3 Å². The first-order valence-electron chi connectivity index (χ1n) is 9.48. The smallest absolute Gasteiger partial charge is 0.224 e. The Morgan fingerprint density at radius 2 is 2.12 bits per heavy atom. The highest BCUT2D eigenvalue weighted by Crippen LogP contribution is 2.29. The van der Waals surface area contributed by atoms with Crippen LogP contribution in [0.15, 0.2) is 18.3 Å². The zero-order valence-electron chi connectivity index (χ0n) is 15.6. The second-order valence-corrected chi connectivity index (χ2v) is 7.02. The number of nitrogens with zero attached hydrogens (tertiary/aromatic N) is 3. The fourth-order valence-electron chi connectivity index (χ4n) is 3.74. The summed E-state index contributed by atoms with van der Waals surface area (Å²) in [6.07, 6.45) is 10.6. The molecular formula is C20H29N3O2. The number of hydrogen-bond donors (Lipinski definition) is 0. The molecule has 0 unspecified atom stereocenters. The van der Waals surface area contributed by atoms with E-state index in [4.69, 9.17) is 9.72 Å². The summed E-state index contributed by atoms with van der Waals surface area (Å²) < 4.78 is 8.06. The van der Waals surface area contributed by atoms with Gasteiger partial charge >= 0.3 is 0 Å². The third kappa shape index (κ3) is 3.80. The van der Waals surface area contributed by atoms with E-state index in [1.807, 2.05) is 22.7 Å². The van der Waals surface area contributed by atoms with Crippen LogP contribution in [0.4, 0.5) is 5.82 Å². The SMILES string of the molecule is CCc1nc2c(OCCC3CCCCC3)cccn2c1N(C)C(C)=O. The third-order valence-electron chi connectivity index (χ3n) is 5.29. The van der Waals surface area contributed by atoms with Gasteiger partial charge in [-0.15, -0.1) is 0 Å². The van der Waals surface area contributed by atoms with E-state index in [1.165, 1.54) is 32.1 Å². The first kappa shape index (κ1) is 17.8. The number of fused-ring (bicyclic) bond motifs is 1.